The molecule has 0 heterocycles. The first kappa shape index (κ1) is 15.0. The molecule has 1 aromatic rings. The number of unbranched alkanes of at least 4 members (excludes halogenated alkanes) is 1. The molecule has 3 nitrogen and oxygen atoms in total. The van der Waals surface area contributed by atoms with Crippen molar-refractivity contribution in [1.29, 1.82) is 0 Å². The predicted molar refractivity (Wildman–Crippen MR) is 79.6 cm³/mol. The van der Waals surface area contributed by atoms with Gasteiger partial charge in [-0.3, -0.25) is 10.0 Å². The van der Waals surface area contributed by atoms with E-state index in [0.29, 0.717) is 0 Å². The molecule has 1 aliphatic carbocycles. The highest BCUT2D eigenvalue weighted by Gasteiger charge is 2.13. The number of rotatable bonds is 7. The Labute approximate surface area is 121 Å². The summed E-state index contributed by atoms with van der Waals surface area (Å²) in [5, 5.41) is 8.48. The molecular weight excluding hydrogens is 250 g/mol. The number of carbonyl (C=O) groups excluding carboxylic acids is 1. The summed E-state index contributed by atoms with van der Waals surface area (Å²) in [4.78, 5) is 11.0. The van der Waals surface area contributed by atoms with E-state index in [2.05, 4.69) is 12.1 Å². The number of amides is 1. The maximum Gasteiger partial charge on any atom is 0.247 e. The van der Waals surface area contributed by atoms with E-state index in [1.54, 1.807) is 5.48 Å². The van der Waals surface area contributed by atoms with Crippen LogP contribution in [0.15, 0.2) is 24.3 Å². The SMILES string of the molecule is O=C(Cc1ccc(CCCCC2CCCC2)cc1)NO. The van der Waals surface area contributed by atoms with Gasteiger partial charge in [-0.15, -0.1) is 0 Å². The number of carbonyl (C=O) groups is 1. The van der Waals surface area contributed by atoms with E-state index in [4.69, 9.17) is 5.21 Å². The van der Waals surface area contributed by atoms with Gasteiger partial charge >= 0.3 is 0 Å². The maximum absolute atomic E-state index is 11.0. The molecule has 3 heteroatoms. The summed E-state index contributed by atoms with van der Waals surface area (Å²) < 4.78 is 0. The van der Waals surface area contributed by atoms with Crippen LogP contribution in [0.2, 0.25) is 0 Å². The molecule has 0 bridgehead atoms. The minimum absolute atomic E-state index is 0.235. The zero-order valence-corrected chi connectivity index (χ0v) is 12.1. The van der Waals surface area contributed by atoms with Gasteiger partial charge < -0.3 is 0 Å². The van der Waals surface area contributed by atoms with E-state index in [1.807, 2.05) is 12.1 Å². The Morgan fingerprint density at radius 3 is 2.40 bits per heavy atom. The molecule has 1 aromatic carbocycles. The van der Waals surface area contributed by atoms with Crippen LogP contribution in [-0.2, 0) is 17.6 Å². The zero-order valence-electron chi connectivity index (χ0n) is 12.1. The fourth-order valence-corrected chi connectivity index (χ4v) is 3.11. The van der Waals surface area contributed by atoms with Gasteiger partial charge in [0.05, 0.1) is 6.42 Å². The van der Waals surface area contributed by atoms with E-state index in [9.17, 15) is 4.79 Å². The zero-order chi connectivity index (χ0) is 14.2. The number of nitrogens with one attached hydrogen (secondary N) is 1. The van der Waals surface area contributed by atoms with Crippen molar-refractivity contribution in [3.8, 4) is 0 Å². The van der Waals surface area contributed by atoms with Crippen molar-refractivity contribution in [3.05, 3.63) is 35.4 Å². The number of hydrogen-bond acceptors (Lipinski definition) is 2. The van der Waals surface area contributed by atoms with Crippen LogP contribution in [0.25, 0.3) is 0 Å². The molecular formula is C17H25NO2. The van der Waals surface area contributed by atoms with Gasteiger partial charge in [0.2, 0.25) is 5.91 Å². The normalized spacial score (nSPS) is 15.4. The molecule has 1 fully saturated rings. The Bertz CT molecular complexity index is 408. The Morgan fingerprint density at radius 1 is 1.10 bits per heavy atom. The topological polar surface area (TPSA) is 49.3 Å². The van der Waals surface area contributed by atoms with Gasteiger partial charge in [0.15, 0.2) is 0 Å². The summed E-state index contributed by atoms with van der Waals surface area (Å²) in [5.74, 6) is 0.628. The molecule has 1 saturated carbocycles. The molecule has 2 rings (SSSR count). The molecule has 2 N–H and O–H groups in total. The van der Waals surface area contributed by atoms with Crippen LogP contribution in [0.3, 0.4) is 0 Å². The summed E-state index contributed by atoms with van der Waals surface area (Å²) >= 11 is 0. The predicted octanol–water partition coefficient (Wildman–Crippen LogP) is 3.64. The third-order valence-corrected chi connectivity index (χ3v) is 4.31. The van der Waals surface area contributed by atoms with Gasteiger partial charge in [0, 0.05) is 0 Å². The molecule has 1 amide bonds. The summed E-state index contributed by atoms with van der Waals surface area (Å²) in [7, 11) is 0. The highest BCUT2D eigenvalue weighted by Crippen LogP contribution is 2.29. The number of hydrogen-bond donors (Lipinski definition) is 2. The van der Waals surface area contributed by atoms with E-state index in [0.717, 1.165) is 17.9 Å². The smallest absolute Gasteiger partial charge is 0.247 e. The molecule has 0 radical (unpaired) electrons. The van der Waals surface area contributed by atoms with Crippen molar-refractivity contribution in [2.75, 3.05) is 0 Å². The van der Waals surface area contributed by atoms with Crippen molar-refractivity contribution in [3.63, 3.8) is 0 Å². The van der Waals surface area contributed by atoms with Gasteiger partial charge in [-0.25, -0.2) is 5.48 Å². The summed E-state index contributed by atoms with van der Waals surface area (Å²) in [6.07, 6.45) is 11.1. The molecule has 0 atom stereocenters. The fourth-order valence-electron chi connectivity index (χ4n) is 3.11. The first-order valence-electron chi connectivity index (χ1n) is 7.78. The van der Waals surface area contributed by atoms with E-state index in [1.165, 1.54) is 50.5 Å². The van der Waals surface area contributed by atoms with Crippen molar-refractivity contribution < 1.29 is 10.0 Å². The van der Waals surface area contributed by atoms with Crippen molar-refractivity contribution in [1.82, 2.24) is 5.48 Å². The lowest BCUT2D eigenvalue weighted by atomic mass is 9.98. The van der Waals surface area contributed by atoms with Crippen LogP contribution in [0.4, 0.5) is 0 Å². The van der Waals surface area contributed by atoms with E-state index in [-0.39, 0.29) is 12.3 Å². The fraction of sp³-hybridized carbons (Fsp3) is 0.588. The minimum Gasteiger partial charge on any atom is -0.289 e. The second kappa shape index (κ2) is 8.05. The van der Waals surface area contributed by atoms with Crippen LogP contribution in [0, 0.1) is 5.92 Å². The van der Waals surface area contributed by atoms with Gasteiger partial charge in [-0.05, 0) is 29.9 Å². The Balaban J connectivity index is 1.66. The van der Waals surface area contributed by atoms with E-state index >= 15 is 0 Å². The molecule has 0 saturated heterocycles. The minimum atomic E-state index is -0.366. The monoisotopic (exact) mass is 275 g/mol. The lowest BCUT2D eigenvalue weighted by Crippen LogP contribution is -2.20. The third kappa shape index (κ3) is 4.97. The lowest BCUT2D eigenvalue weighted by molar-refractivity contribution is -0.128. The average molecular weight is 275 g/mol. The molecule has 0 spiro atoms. The second-order valence-corrected chi connectivity index (χ2v) is 5.92. The molecule has 20 heavy (non-hydrogen) atoms. The van der Waals surface area contributed by atoms with Gasteiger partial charge in [0.25, 0.3) is 0 Å². The van der Waals surface area contributed by atoms with Gasteiger partial charge in [-0.1, -0.05) is 62.8 Å². The molecule has 0 unspecified atom stereocenters. The summed E-state index contributed by atoms with van der Waals surface area (Å²) in [6, 6.07) is 8.13. The summed E-state index contributed by atoms with van der Waals surface area (Å²) in [5.41, 5.74) is 3.93. The van der Waals surface area contributed by atoms with Crippen LogP contribution in [0.1, 0.15) is 56.1 Å². The number of hydroxylamine groups is 1. The average Bonchev–Trinajstić information content (AvgIpc) is 2.98. The molecule has 0 aromatic heterocycles. The van der Waals surface area contributed by atoms with Gasteiger partial charge in [-0.2, -0.15) is 0 Å². The molecule has 110 valence electrons. The third-order valence-electron chi connectivity index (χ3n) is 4.31. The van der Waals surface area contributed by atoms with Crippen molar-refractivity contribution in [2.24, 2.45) is 5.92 Å². The Morgan fingerprint density at radius 2 is 1.75 bits per heavy atom. The van der Waals surface area contributed by atoms with Crippen LogP contribution < -0.4 is 5.48 Å². The Kier molecular flexibility index (Phi) is 6.06. The second-order valence-electron chi connectivity index (χ2n) is 5.92. The van der Waals surface area contributed by atoms with Crippen molar-refractivity contribution in [2.45, 2.75) is 57.8 Å². The first-order chi connectivity index (χ1) is 9.78. The van der Waals surface area contributed by atoms with Crippen LogP contribution in [0.5, 0.6) is 0 Å². The van der Waals surface area contributed by atoms with Crippen molar-refractivity contribution >= 4 is 5.91 Å². The Hall–Kier alpha value is -1.35. The quantitative estimate of drug-likeness (QED) is 0.453. The standard InChI is InChI=1S/C17H25NO2/c19-17(18-20)13-16-11-9-15(10-12-16)8-4-3-7-14-5-1-2-6-14/h9-12,14,20H,1-8,13H2,(H,18,19). The largest absolute Gasteiger partial charge is 0.289 e. The highest BCUT2D eigenvalue weighted by molar-refractivity contribution is 5.77. The number of benzene rings is 1. The summed E-state index contributed by atoms with van der Waals surface area (Å²) in [6.45, 7) is 0. The first-order valence-corrected chi connectivity index (χ1v) is 7.78. The highest BCUT2D eigenvalue weighted by atomic mass is 16.5. The lowest BCUT2D eigenvalue weighted by Gasteiger charge is -2.08. The number of aryl methyl sites for hydroxylation is 1. The molecule has 1 aliphatic rings. The van der Waals surface area contributed by atoms with Gasteiger partial charge in [0.1, 0.15) is 0 Å². The molecule has 0 aliphatic heterocycles. The van der Waals surface area contributed by atoms with Crippen LogP contribution in [-0.4, -0.2) is 11.1 Å². The van der Waals surface area contributed by atoms with Crippen LogP contribution >= 0.6 is 0 Å². The maximum atomic E-state index is 11.0. The van der Waals surface area contributed by atoms with E-state index < -0.39 is 0 Å².